The number of benzene rings is 1. The van der Waals surface area contributed by atoms with Gasteiger partial charge < -0.3 is 15.0 Å². The highest BCUT2D eigenvalue weighted by Crippen LogP contribution is 2.39. The number of carbonyl (C=O) groups is 3. The number of amides is 3. The monoisotopic (exact) mass is 464 g/mol. The number of hydrogen-bond donors (Lipinski definition) is 1. The van der Waals surface area contributed by atoms with Gasteiger partial charge in [-0.15, -0.1) is 0 Å². The molecule has 1 spiro atoms. The average Bonchev–Trinajstić information content (AvgIpc) is 3.21. The van der Waals surface area contributed by atoms with Crippen molar-refractivity contribution in [3.63, 3.8) is 0 Å². The van der Waals surface area contributed by atoms with Crippen molar-refractivity contribution in [3.8, 4) is 0 Å². The molecular formula is C26H32N4O4. The molecule has 1 N–H and O–H groups in total. The van der Waals surface area contributed by atoms with Crippen LogP contribution >= 0.6 is 0 Å². The van der Waals surface area contributed by atoms with Gasteiger partial charge >= 0.3 is 0 Å². The molecule has 3 amide bonds. The lowest BCUT2D eigenvalue weighted by Crippen LogP contribution is -2.60. The zero-order valence-corrected chi connectivity index (χ0v) is 20.0. The first-order valence-corrected chi connectivity index (χ1v) is 11.8. The fraction of sp³-hybridized carbons (Fsp3) is 0.462. The van der Waals surface area contributed by atoms with Gasteiger partial charge in [0, 0.05) is 43.6 Å². The summed E-state index contributed by atoms with van der Waals surface area (Å²) in [5.41, 5.74) is 1.21. The molecule has 1 atom stereocenters. The molecule has 180 valence electrons. The molecule has 3 heterocycles. The number of nitrogens with one attached hydrogen (secondary N) is 1. The molecule has 2 aromatic rings. The number of likely N-dealkylation sites (tertiary alicyclic amines) is 1. The first-order valence-electron chi connectivity index (χ1n) is 11.8. The summed E-state index contributed by atoms with van der Waals surface area (Å²) >= 11 is 0. The minimum absolute atomic E-state index is 0.0895. The lowest BCUT2D eigenvalue weighted by Gasteiger charge is -2.45. The van der Waals surface area contributed by atoms with Crippen molar-refractivity contribution in [1.29, 1.82) is 0 Å². The van der Waals surface area contributed by atoms with Gasteiger partial charge in [-0.3, -0.25) is 24.3 Å². The average molecular weight is 465 g/mol. The van der Waals surface area contributed by atoms with E-state index in [1.165, 1.54) is 0 Å². The highest BCUT2D eigenvalue weighted by molar-refractivity contribution is 5.99. The van der Waals surface area contributed by atoms with Crippen LogP contribution in [0.4, 0.5) is 0 Å². The first kappa shape index (κ1) is 23.9. The van der Waals surface area contributed by atoms with Crippen LogP contribution in [0.1, 0.15) is 48.3 Å². The van der Waals surface area contributed by atoms with Gasteiger partial charge in [0.2, 0.25) is 11.8 Å². The van der Waals surface area contributed by atoms with E-state index in [9.17, 15) is 14.4 Å². The maximum absolute atomic E-state index is 13.8. The predicted octanol–water partition coefficient (Wildman–Crippen LogP) is 2.52. The van der Waals surface area contributed by atoms with Crippen LogP contribution in [0, 0.1) is 12.8 Å². The van der Waals surface area contributed by atoms with Gasteiger partial charge in [-0.25, -0.2) is 0 Å². The number of hydrogen-bond acceptors (Lipinski definition) is 5. The number of ether oxygens (including phenoxy) is 1. The predicted molar refractivity (Wildman–Crippen MR) is 127 cm³/mol. The second-order valence-corrected chi connectivity index (χ2v) is 9.28. The van der Waals surface area contributed by atoms with Crippen molar-refractivity contribution < 1.29 is 19.1 Å². The molecule has 2 saturated heterocycles. The Morgan fingerprint density at radius 1 is 1.12 bits per heavy atom. The van der Waals surface area contributed by atoms with Crippen LogP contribution < -0.4 is 5.32 Å². The third kappa shape index (κ3) is 4.68. The molecule has 8 heteroatoms. The van der Waals surface area contributed by atoms with Gasteiger partial charge in [0.25, 0.3) is 5.91 Å². The summed E-state index contributed by atoms with van der Waals surface area (Å²) < 4.78 is 6.24. The Labute approximate surface area is 200 Å². The summed E-state index contributed by atoms with van der Waals surface area (Å²) in [5, 5.41) is 2.92. The molecule has 2 aliphatic rings. The second kappa shape index (κ2) is 9.93. The smallest absolute Gasteiger partial charge is 0.257 e. The minimum atomic E-state index is -0.917. The van der Waals surface area contributed by atoms with E-state index in [0.717, 1.165) is 11.3 Å². The van der Waals surface area contributed by atoms with Crippen LogP contribution in [-0.4, -0.2) is 64.0 Å². The molecule has 0 aliphatic carbocycles. The van der Waals surface area contributed by atoms with Gasteiger partial charge in [-0.05, 0) is 30.7 Å². The molecule has 1 aromatic heterocycles. The maximum Gasteiger partial charge on any atom is 0.257 e. The molecule has 8 nitrogen and oxygen atoms in total. The van der Waals surface area contributed by atoms with Crippen LogP contribution in [0.3, 0.4) is 0 Å². The highest BCUT2D eigenvalue weighted by Gasteiger charge is 2.54. The van der Waals surface area contributed by atoms with Crippen molar-refractivity contribution in [3.05, 3.63) is 65.5 Å². The number of rotatable bonds is 5. The summed E-state index contributed by atoms with van der Waals surface area (Å²) in [7, 11) is 0. The number of pyridine rings is 1. The van der Waals surface area contributed by atoms with E-state index in [1.54, 1.807) is 17.2 Å². The van der Waals surface area contributed by atoms with Gasteiger partial charge in [-0.2, -0.15) is 0 Å². The summed E-state index contributed by atoms with van der Waals surface area (Å²) in [6.45, 7) is 7.00. The molecular weight excluding hydrogens is 432 g/mol. The number of aromatic nitrogens is 1. The number of nitrogens with zero attached hydrogens (tertiary/aromatic N) is 3. The Morgan fingerprint density at radius 2 is 1.82 bits per heavy atom. The van der Waals surface area contributed by atoms with Crippen LogP contribution in [0.5, 0.6) is 0 Å². The summed E-state index contributed by atoms with van der Waals surface area (Å²) in [6.07, 6.45) is 2.61. The van der Waals surface area contributed by atoms with E-state index < -0.39 is 11.8 Å². The molecule has 0 bridgehead atoms. The van der Waals surface area contributed by atoms with Crippen LogP contribution in [0.2, 0.25) is 0 Å². The minimum Gasteiger partial charge on any atom is -0.353 e. The summed E-state index contributed by atoms with van der Waals surface area (Å²) in [6, 6.07) is 12.1. The van der Waals surface area contributed by atoms with E-state index in [4.69, 9.17) is 4.74 Å². The Bertz CT molecular complexity index is 1050. The van der Waals surface area contributed by atoms with E-state index in [-0.39, 0.29) is 36.8 Å². The number of piperidine rings is 1. The van der Waals surface area contributed by atoms with Crippen molar-refractivity contribution in [1.82, 2.24) is 20.1 Å². The lowest BCUT2D eigenvalue weighted by atomic mass is 9.95. The number of carbonyl (C=O) groups excluding carboxylic acids is 3. The van der Waals surface area contributed by atoms with Gasteiger partial charge in [-0.1, -0.05) is 38.1 Å². The SMILES string of the molecule is Cc1ccccc1C(=O)N1C(C(=O)NCc2ccccn2)COC12CCN(C(=O)C(C)C)CC2. The quantitative estimate of drug-likeness (QED) is 0.734. The lowest BCUT2D eigenvalue weighted by molar-refractivity contribution is -0.146. The van der Waals surface area contributed by atoms with Crippen molar-refractivity contribution in [2.45, 2.75) is 51.9 Å². The molecule has 4 rings (SSSR count). The van der Waals surface area contributed by atoms with E-state index in [0.29, 0.717) is 31.5 Å². The van der Waals surface area contributed by atoms with E-state index in [1.807, 2.05) is 62.1 Å². The van der Waals surface area contributed by atoms with Crippen molar-refractivity contribution in [2.24, 2.45) is 5.92 Å². The maximum atomic E-state index is 13.8. The zero-order chi connectivity index (χ0) is 24.3. The zero-order valence-electron chi connectivity index (χ0n) is 20.0. The van der Waals surface area contributed by atoms with Crippen molar-refractivity contribution in [2.75, 3.05) is 19.7 Å². The molecule has 2 aliphatic heterocycles. The first-order chi connectivity index (χ1) is 16.3. The third-order valence-corrected chi connectivity index (χ3v) is 6.68. The molecule has 1 aromatic carbocycles. The van der Waals surface area contributed by atoms with E-state index in [2.05, 4.69) is 10.3 Å². The Balaban J connectivity index is 1.58. The Morgan fingerprint density at radius 3 is 2.47 bits per heavy atom. The van der Waals surface area contributed by atoms with E-state index >= 15 is 0 Å². The molecule has 0 radical (unpaired) electrons. The summed E-state index contributed by atoms with van der Waals surface area (Å²) in [4.78, 5) is 47.3. The molecule has 34 heavy (non-hydrogen) atoms. The Hall–Kier alpha value is -3.26. The normalized spacial score (nSPS) is 19.5. The largest absolute Gasteiger partial charge is 0.353 e. The van der Waals surface area contributed by atoms with Gasteiger partial charge in [0.15, 0.2) is 0 Å². The molecule has 2 fully saturated rings. The standard InChI is InChI=1S/C26H32N4O4/c1-18(2)24(32)29-14-11-26(12-15-29)30(25(33)21-10-5-4-8-19(21)3)22(17-34-26)23(31)28-16-20-9-6-7-13-27-20/h4-10,13,18,22H,11-12,14-17H2,1-3H3,(H,28,31). The Kier molecular flexibility index (Phi) is 6.97. The fourth-order valence-electron chi connectivity index (χ4n) is 4.75. The third-order valence-electron chi connectivity index (χ3n) is 6.68. The number of aryl methyl sites for hydroxylation is 1. The molecule has 1 unspecified atom stereocenters. The van der Waals surface area contributed by atoms with Crippen LogP contribution in [0.25, 0.3) is 0 Å². The molecule has 0 saturated carbocycles. The summed E-state index contributed by atoms with van der Waals surface area (Å²) in [5.74, 6) is -0.495. The van der Waals surface area contributed by atoms with Gasteiger partial charge in [0.05, 0.1) is 18.8 Å². The highest BCUT2D eigenvalue weighted by atomic mass is 16.5. The van der Waals surface area contributed by atoms with Gasteiger partial charge in [0.1, 0.15) is 11.8 Å². The van der Waals surface area contributed by atoms with Crippen molar-refractivity contribution >= 4 is 17.7 Å². The van der Waals surface area contributed by atoms with Crippen LogP contribution in [-0.2, 0) is 20.9 Å². The van der Waals surface area contributed by atoms with Crippen LogP contribution in [0.15, 0.2) is 48.7 Å². The fourth-order valence-corrected chi connectivity index (χ4v) is 4.75. The second-order valence-electron chi connectivity index (χ2n) is 9.28. The topological polar surface area (TPSA) is 91.8 Å².